The van der Waals surface area contributed by atoms with Crippen LogP contribution in [-0.2, 0) is 13.1 Å². The molecule has 1 atom stereocenters. The van der Waals surface area contributed by atoms with Gasteiger partial charge in [0.1, 0.15) is 5.56 Å². The lowest BCUT2D eigenvalue weighted by atomic mass is 9.99. The van der Waals surface area contributed by atoms with E-state index in [2.05, 4.69) is 28.6 Å². The number of likely N-dealkylation sites (N-methyl/N-ethyl adjacent to an activating group) is 1. The van der Waals surface area contributed by atoms with Gasteiger partial charge in [0.2, 0.25) is 0 Å². The minimum atomic E-state index is -0.164. The maximum atomic E-state index is 13.6. The van der Waals surface area contributed by atoms with Gasteiger partial charge in [-0.2, -0.15) is 0 Å². The zero-order chi connectivity index (χ0) is 21.7. The number of halogens is 2. The summed E-state index contributed by atoms with van der Waals surface area (Å²) in [5, 5.41) is 5.46. The van der Waals surface area contributed by atoms with Crippen LogP contribution in [-0.4, -0.2) is 60.5 Å². The van der Waals surface area contributed by atoms with E-state index in [0.717, 1.165) is 38.0 Å². The quantitative estimate of drug-likeness (QED) is 0.599. The standard InChI is InChI=1S/C23H34N4O2S.2ClH/c1-17-8-13-30-20(17)16-27(12-11-25(3)4)23(29)21-18(2)7-10-26(22(21)28)15-19-6-5-9-24-14-19;;/h7-8,10,13,19,24H,5-6,9,11-12,14-16H2,1-4H3;2*1H. The van der Waals surface area contributed by atoms with E-state index in [-0.39, 0.29) is 36.3 Å². The van der Waals surface area contributed by atoms with E-state index in [0.29, 0.717) is 31.1 Å². The summed E-state index contributed by atoms with van der Waals surface area (Å²) in [5.41, 5.74) is 2.09. The summed E-state index contributed by atoms with van der Waals surface area (Å²) in [6.45, 7) is 8.45. The van der Waals surface area contributed by atoms with Crippen molar-refractivity contribution in [2.24, 2.45) is 5.92 Å². The lowest BCUT2D eigenvalue weighted by Crippen LogP contribution is -2.41. The number of nitrogens with one attached hydrogen (secondary N) is 1. The van der Waals surface area contributed by atoms with Crippen molar-refractivity contribution in [3.05, 3.63) is 55.6 Å². The number of hydrogen-bond acceptors (Lipinski definition) is 5. The molecule has 0 spiro atoms. The fourth-order valence-electron chi connectivity index (χ4n) is 3.90. The Morgan fingerprint density at radius 3 is 2.53 bits per heavy atom. The van der Waals surface area contributed by atoms with Gasteiger partial charge in [-0.25, -0.2) is 0 Å². The van der Waals surface area contributed by atoms with E-state index in [9.17, 15) is 9.59 Å². The van der Waals surface area contributed by atoms with Crippen molar-refractivity contribution in [2.45, 2.75) is 39.8 Å². The highest BCUT2D eigenvalue weighted by molar-refractivity contribution is 7.10. The molecular weight excluding hydrogens is 467 g/mol. The molecule has 1 fully saturated rings. The van der Waals surface area contributed by atoms with E-state index in [1.54, 1.807) is 15.9 Å². The highest BCUT2D eigenvalue weighted by Crippen LogP contribution is 2.20. The molecule has 9 heteroatoms. The average Bonchev–Trinajstić information content (AvgIpc) is 3.12. The molecule has 3 rings (SSSR count). The number of hydrogen-bond donors (Lipinski definition) is 1. The molecule has 6 nitrogen and oxygen atoms in total. The van der Waals surface area contributed by atoms with Crippen LogP contribution in [0.1, 0.15) is 39.2 Å². The molecule has 0 aliphatic carbocycles. The zero-order valence-corrected chi connectivity index (χ0v) is 21.9. The lowest BCUT2D eigenvalue weighted by Gasteiger charge is -2.26. The number of amides is 1. The van der Waals surface area contributed by atoms with Crippen molar-refractivity contribution >= 4 is 42.1 Å². The van der Waals surface area contributed by atoms with E-state index in [4.69, 9.17) is 0 Å². The second-order valence-corrected chi connectivity index (χ2v) is 9.60. The molecule has 2 aromatic rings. The van der Waals surface area contributed by atoms with E-state index < -0.39 is 0 Å². The number of nitrogens with zero attached hydrogens (tertiary/aromatic N) is 3. The molecule has 180 valence electrons. The van der Waals surface area contributed by atoms with Crippen molar-refractivity contribution in [3.8, 4) is 0 Å². The first-order valence-corrected chi connectivity index (χ1v) is 11.6. The van der Waals surface area contributed by atoms with Crippen molar-refractivity contribution in [1.82, 2.24) is 19.7 Å². The first-order chi connectivity index (χ1) is 14.4. The number of thiophene rings is 1. The molecule has 0 aromatic carbocycles. The van der Waals surface area contributed by atoms with Crippen molar-refractivity contribution < 1.29 is 4.79 Å². The Kier molecular flexibility index (Phi) is 12.0. The zero-order valence-electron chi connectivity index (χ0n) is 19.4. The highest BCUT2D eigenvalue weighted by Gasteiger charge is 2.24. The Hall–Kier alpha value is -1.38. The maximum absolute atomic E-state index is 13.6. The summed E-state index contributed by atoms with van der Waals surface area (Å²) in [4.78, 5) is 31.9. The topological polar surface area (TPSA) is 57.6 Å². The number of carbonyl (C=O) groups is 1. The normalized spacial score (nSPS) is 15.7. The Morgan fingerprint density at radius 1 is 1.19 bits per heavy atom. The van der Waals surface area contributed by atoms with Crippen LogP contribution in [0.15, 0.2) is 28.5 Å². The van der Waals surface area contributed by atoms with Crippen molar-refractivity contribution in [1.29, 1.82) is 0 Å². The predicted octanol–water partition coefficient (Wildman–Crippen LogP) is 3.57. The van der Waals surface area contributed by atoms with Gasteiger partial charge in [-0.05, 0) is 88.4 Å². The van der Waals surface area contributed by atoms with Crippen molar-refractivity contribution in [3.63, 3.8) is 0 Å². The third kappa shape index (κ3) is 7.32. The third-order valence-electron chi connectivity index (χ3n) is 5.85. The summed E-state index contributed by atoms with van der Waals surface area (Å²) in [7, 11) is 4.00. The molecule has 0 radical (unpaired) electrons. The minimum Gasteiger partial charge on any atom is -0.332 e. The first-order valence-electron chi connectivity index (χ1n) is 10.7. The number of aryl methyl sites for hydroxylation is 2. The maximum Gasteiger partial charge on any atom is 0.263 e. The second-order valence-electron chi connectivity index (χ2n) is 8.60. The smallest absolute Gasteiger partial charge is 0.263 e. The first kappa shape index (κ1) is 28.7. The summed E-state index contributed by atoms with van der Waals surface area (Å²) < 4.78 is 1.73. The van der Waals surface area contributed by atoms with Crippen LogP contribution in [0.25, 0.3) is 0 Å². The Morgan fingerprint density at radius 2 is 1.94 bits per heavy atom. The average molecular weight is 504 g/mol. The monoisotopic (exact) mass is 502 g/mol. The van der Waals surface area contributed by atoms with Crippen LogP contribution in [0, 0.1) is 19.8 Å². The minimum absolute atomic E-state index is 0. The molecular formula is C23H36Cl2N4O2S. The van der Waals surface area contributed by atoms with Gasteiger partial charge in [-0.1, -0.05) is 0 Å². The number of piperidine rings is 1. The molecule has 32 heavy (non-hydrogen) atoms. The summed E-state index contributed by atoms with van der Waals surface area (Å²) in [6, 6.07) is 3.99. The van der Waals surface area contributed by atoms with Gasteiger partial charge in [-0.3, -0.25) is 9.59 Å². The third-order valence-corrected chi connectivity index (χ3v) is 6.86. The van der Waals surface area contributed by atoms with E-state index in [1.165, 1.54) is 10.4 Å². The molecule has 3 heterocycles. The van der Waals surface area contributed by atoms with Gasteiger partial charge in [0, 0.05) is 30.7 Å². The van der Waals surface area contributed by atoms with Crippen LogP contribution >= 0.6 is 36.2 Å². The van der Waals surface area contributed by atoms with Gasteiger partial charge >= 0.3 is 0 Å². The van der Waals surface area contributed by atoms with Crippen LogP contribution in [0.5, 0.6) is 0 Å². The van der Waals surface area contributed by atoms with E-state index >= 15 is 0 Å². The number of rotatable bonds is 8. The SMILES string of the molecule is Cc1ccsc1CN(CCN(C)C)C(=O)c1c(C)ccn(CC2CCCNC2)c1=O.Cl.Cl. The Balaban J connectivity index is 0.00000256. The molecule has 2 aromatic heterocycles. The van der Waals surface area contributed by atoms with Gasteiger partial charge in [-0.15, -0.1) is 36.2 Å². The van der Waals surface area contributed by atoms with Gasteiger partial charge in [0.05, 0.1) is 6.54 Å². The Labute approximate surface area is 207 Å². The highest BCUT2D eigenvalue weighted by atomic mass is 35.5. The number of aromatic nitrogens is 1. The fraction of sp³-hybridized carbons (Fsp3) is 0.565. The number of carbonyl (C=O) groups excluding carboxylic acids is 1. The Bertz CT molecular complexity index is 923. The molecule has 0 bridgehead atoms. The van der Waals surface area contributed by atoms with Gasteiger partial charge < -0.3 is 19.7 Å². The van der Waals surface area contributed by atoms with Crippen LogP contribution < -0.4 is 10.9 Å². The molecule has 1 saturated heterocycles. The summed E-state index contributed by atoms with van der Waals surface area (Å²) in [6.07, 6.45) is 4.09. The summed E-state index contributed by atoms with van der Waals surface area (Å²) in [5.74, 6) is 0.268. The number of pyridine rings is 1. The van der Waals surface area contributed by atoms with Crippen molar-refractivity contribution in [2.75, 3.05) is 40.3 Å². The predicted molar refractivity (Wildman–Crippen MR) is 138 cm³/mol. The van der Waals surface area contributed by atoms with Crippen LogP contribution in [0.4, 0.5) is 0 Å². The molecule has 1 aliphatic heterocycles. The molecule has 1 aliphatic rings. The largest absolute Gasteiger partial charge is 0.332 e. The van der Waals surface area contributed by atoms with Gasteiger partial charge in [0.15, 0.2) is 0 Å². The second kappa shape index (κ2) is 13.4. The molecule has 0 saturated carbocycles. The molecule has 1 N–H and O–H groups in total. The molecule has 1 amide bonds. The lowest BCUT2D eigenvalue weighted by molar-refractivity contribution is 0.0730. The van der Waals surface area contributed by atoms with Crippen LogP contribution in [0.3, 0.4) is 0 Å². The van der Waals surface area contributed by atoms with E-state index in [1.807, 2.05) is 38.2 Å². The fourth-order valence-corrected chi connectivity index (χ4v) is 4.82. The van der Waals surface area contributed by atoms with Gasteiger partial charge in [0.25, 0.3) is 11.5 Å². The molecule has 1 unspecified atom stereocenters. The van der Waals surface area contributed by atoms with Crippen LogP contribution in [0.2, 0.25) is 0 Å². The summed E-state index contributed by atoms with van der Waals surface area (Å²) >= 11 is 1.66.